The van der Waals surface area contributed by atoms with Gasteiger partial charge in [-0.3, -0.25) is 4.99 Å². The standard InChI is InChI=1S/C19H25N7/c1-20-19(25(3)13-18-8-5-9-24(18)2)22-11-16-6-4-7-17(10-16)12-26-15-21-14-23-26/h4-10,14-15H,11-13H2,1-3H3,(H,20,22). The van der Waals surface area contributed by atoms with Crippen LogP contribution in [-0.2, 0) is 26.7 Å². The Morgan fingerprint density at radius 1 is 1.23 bits per heavy atom. The number of nitrogens with one attached hydrogen (secondary N) is 1. The van der Waals surface area contributed by atoms with Crippen molar-refractivity contribution >= 4 is 5.96 Å². The summed E-state index contributed by atoms with van der Waals surface area (Å²) in [5.41, 5.74) is 3.64. The van der Waals surface area contributed by atoms with Gasteiger partial charge < -0.3 is 14.8 Å². The van der Waals surface area contributed by atoms with E-state index in [1.54, 1.807) is 12.7 Å². The van der Waals surface area contributed by atoms with Crippen LogP contribution >= 0.6 is 0 Å². The molecule has 0 amide bonds. The molecule has 0 bridgehead atoms. The number of hydrogen-bond donors (Lipinski definition) is 1. The van der Waals surface area contributed by atoms with E-state index in [1.807, 2.05) is 18.8 Å². The minimum absolute atomic E-state index is 0.718. The van der Waals surface area contributed by atoms with Crippen LogP contribution in [0.15, 0.2) is 60.2 Å². The Morgan fingerprint density at radius 2 is 2.08 bits per heavy atom. The van der Waals surface area contributed by atoms with Gasteiger partial charge in [-0.05, 0) is 23.3 Å². The number of guanidine groups is 1. The second-order valence-electron chi connectivity index (χ2n) is 6.28. The van der Waals surface area contributed by atoms with E-state index in [0.29, 0.717) is 0 Å². The van der Waals surface area contributed by atoms with Crippen LogP contribution in [0.4, 0.5) is 0 Å². The summed E-state index contributed by atoms with van der Waals surface area (Å²) in [6.45, 7) is 2.24. The topological polar surface area (TPSA) is 63.3 Å². The van der Waals surface area contributed by atoms with Crippen LogP contribution < -0.4 is 5.32 Å². The molecule has 0 aliphatic carbocycles. The molecule has 3 aromatic rings. The van der Waals surface area contributed by atoms with Crippen molar-refractivity contribution in [1.82, 2.24) is 29.5 Å². The maximum Gasteiger partial charge on any atom is 0.194 e. The minimum Gasteiger partial charge on any atom is -0.353 e. The molecule has 7 heteroatoms. The average molecular weight is 351 g/mol. The van der Waals surface area contributed by atoms with Crippen molar-refractivity contribution in [2.24, 2.45) is 12.0 Å². The summed E-state index contributed by atoms with van der Waals surface area (Å²) in [6, 6.07) is 12.6. The Hall–Kier alpha value is -3.09. The monoisotopic (exact) mass is 351 g/mol. The van der Waals surface area contributed by atoms with Gasteiger partial charge in [0, 0.05) is 39.6 Å². The zero-order chi connectivity index (χ0) is 18.4. The first-order valence-corrected chi connectivity index (χ1v) is 8.58. The highest BCUT2D eigenvalue weighted by atomic mass is 15.3. The highest BCUT2D eigenvalue weighted by Crippen LogP contribution is 2.08. The number of benzene rings is 1. The van der Waals surface area contributed by atoms with Crippen molar-refractivity contribution in [3.63, 3.8) is 0 Å². The van der Waals surface area contributed by atoms with Gasteiger partial charge in [-0.25, -0.2) is 9.67 Å². The zero-order valence-electron chi connectivity index (χ0n) is 15.5. The number of hydrogen-bond acceptors (Lipinski definition) is 3. The fourth-order valence-corrected chi connectivity index (χ4v) is 2.88. The Labute approximate surface area is 154 Å². The van der Waals surface area contributed by atoms with Gasteiger partial charge in [0.2, 0.25) is 0 Å². The molecule has 0 aliphatic rings. The normalized spacial score (nSPS) is 11.6. The maximum absolute atomic E-state index is 4.40. The van der Waals surface area contributed by atoms with Gasteiger partial charge in [-0.2, -0.15) is 5.10 Å². The highest BCUT2D eigenvalue weighted by Gasteiger charge is 2.08. The van der Waals surface area contributed by atoms with E-state index in [-0.39, 0.29) is 0 Å². The van der Waals surface area contributed by atoms with Crippen LogP contribution in [0.5, 0.6) is 0 Å². The van der Waals surface area contributed by atoms with Crippen molar-refractivity contribution in [2.75, 3.05) is 14.1 Å². The maximum atomic E-state index is 4.40. The third kappa shape index (κ3) is 4.50. The summed E-state index contributed by atoms with van der Waals surface area (Å²) in [4.78, 5) is 10.5. The molecule has 136 valence electrons. The molecule has 0 aliphatic heterocycles. The van der Waals surface area contributed by atoms with Crippen LogP contribution in [0.2, 0.25) is 0 Å². The predicted octanol–water partition coefficient (Wildman–Crippen LogP) is 1.87. The van der Waals surface area contributed by atoms with Gasteiger partial charge in [-0.15, -0.1) is 0 Å². The third-order valence-electron chi connectivity index (χ3n) is 4.28. The van der Waals surface area contributed by atoms with E-state index < -0.39 is 0 Å². The van der Waals surface area contributed by atoms with Gasteiger partial charge in [-0.1, -0.05) is 24.3 Å². The Morgan fingerprint density at radius 3 is 2.77 bits per heavy atom. The first-order chi connectivity index (χ1) is 12.7. The van der Waals surface area contributed by atoms with Crippen molar-refractivity contribution in [3.8, 4) is 0 Å². The van der Waals surface area contributed by atoms with Gasteiger partial charge in [0.1, 0.15) is 12.7 Å². The first kappa shape index (κ1) is 17.7. The summed E-state index contributed by atoms with van der Waals surface area (Å²) in [7, 11) is 5.91. The van der Waals surface area contributed by atoms with Gasteiger partial charge in [0.15, 0.2) is 5.96 Å². The molecule has 0 fully saturated rings. The first-order valence-electron chi connectivity index (χ1n) is 8.58. The molecule has 0 unspecified atom stereocenters. The molecule has 0 radical (unpaired) electrons. The molecule has 0 atom stereocenters. The van der Waals surface area contributed by atoms with Crippen LogP contribution in [0, 0.1) is 0 Å². The van der Waals surface area contributed by atoms with Crippen molar-refractivity contribution < 1.29 is 0 Å². The SMILES string of the molecule is CN=C(NCc1cccc(Cn2cncn2)c1)N(C)Cc1cccn1C. The zero-order valence-corrected chi connectivity index (χ0v) is 15.5. The molecule has 0 saturated carbocycles. The predicted molar refractivity (Wildman–Crippen MR) is 103 cm³/mol. The summed E-state index contributed by atoms with van der Waals surface area (Å²) < 4.78 is 3.94. The van der Waals surface area contributed by atoms with E-state index in [0.717, 1.165) is 25.6 Å². The number of rotatable bonds is 6. The Kier molecular flexibility index (Phi) is 5.68. The van der Waals surface area contributed by atoms with Crippen molar-refractivity contribution in [2.45, 2.75) is 19.6 Å². The molecule has 1 N–H and O–H groups in total. The number of aromatic nitrogens is 4. The van der Waals surface area contributed by atoms with Gasteiger partial charge >= 0.3 is 0 Å². The molecule has 7 nitrogen and oxygen atoms in total. The number of aryl methyl sites for hydroxylation is 1. The molecule has 2 heterocycles. The van der Waals surface area contributed by atoms with Crippen molar-refractivity contribution in [1.29, 1.82) is 0 Å². The largest absolute Gasteiger partial charge is 0.353 e. The smallest absolute Gasteiger partial charge is 0.194 e. The second-order valence-corrected chi connectivity index (χ2v) is 6.28. The lowest BCUT2D eigenvalue weighted by Crippen LogP contribution is -2.38. The molecule has 2 aromatic heterocycles. The summed E-state index contributed by atoms with van der Waals surface area (Å²) >= 11 is 0. The average Bonchev–Trinajstić information content (AvgIpc) is 3.28. The minimum atomic E-state index is 0.718. The summed E-state index contributed by atoms with van der Waals surface area (Å²) in [6.07, 6.45) is 5.34. The van der Waals surface area contributed by atoms with Crippen LogP contribution in [0.25, 0.3) is 0 Å². The third-order valence-corrected chi connectivity index (χ3v) is 4.28. The fourth-order valence-electron chi connectivity index (χ4n) is 2.88. The molecular formula is C19H25N7. The number of aliphatic imine (C=N–C) groups is 1. The van der Waals surface area contributed by atoms with E-state index in [2.05, 4.69) is 79.5 Å². The molecule has 1 aromatic carbocycles. The van der Waals surface area contributed by atoms with E-state index >= 15 is 0 Å². The molecule has 26 heavy (non-hydrogen) atoms. The van der Waals surface area contributed by atoms with Gasteiger partial charge in [0.25, 0.3) is 0 Å². The van der Waals surface area contributed by atoms with Gasteiger partial charge in [0.05, 0.1) is 13.1 Å². The van der Waals surface area contributed by atoms with Crippen LogP contribution in [-0.4, -0.2) is 44.3 Å². The van der Waals surface area contributed by atoms with Crippen LogP contribution in [0.1, 0.15) is 16.8 Å². The molecule has 0 saturated heterocycles. The highest BCUT2D eigenvalue weighted by molar-refractivity contribution is 5.79. The van der Waals surface area contributed by atoms with E-state index in [4.69, 9.17) is 0 Å². The lowest BCUT2D eigenvalue weighted by molar-refractivity contribution is 0.461. The molecule has 0 spiro atoms. The lowest BCUT2D eigenvalue weighted by atomic mass is 10.1. The van der Waals surface area contributed by atoms with Crippen molar-refractivity contribution in [3.05, 3.63) is 72.1 Å². The summed E-state index contributed by atoms with van der Waals surface area (Å²) in [5.74, 6) is 0.868. The Bertz CT molecular complexity index is 848. The summed E-state index contributed by atoms with van der Waals surface area (Å²) in [5, 5.41) is 7.59. The van der Waals surface area contributed by atoms with Crippen LogP contribution in [0.3, 0.4) is 0 Å². The molecular weight excluding hydrogens is 326 g/mol. The fraction of sp³-hybridized carbons (Fsp3) is 0.316. The van der Waals surface area contributed by atoms with E-state index in [9.17, 15) is 0 Å². The number of nitrogens with zero attached hydrogens (tertiary/aromatic N) is 6. The lowest BCUT2D eigenvalue weighted by Gasteiger charge is -2.22. The second kappa shape index (κ2) is 8.33. The van der Waals surface area contributed by atoms with E-state index in [1.165, 1.54) is 16.8 Å². The Balaban J connectivity index is 1.59. The molecule has 3 rings (SSSR count). The quantitative estimate of drug-likeness (QED) is 0.544.